The fourth-order valence-electron chi connectivity index (χ4n) is 2.58. The van der Waals surface area contributed by atoms with Crippen molar-refractivity contribution in [3.05, 3.63) is 22.4 Å². The monoisotopic (exact) mass is 326 g/mol. The zero-order valence-corrected chi connectivity index (χ0v) is 12.7. The Hall–Kier alpha value is -0.810. The van der Waals surface area contributed by atoms with E-state index in [2.05, 4.69) is 27.4 Å². The summed E-state index contributed by atoms with van der Waals surface area (Å²) in [5.41, 5.74) is 0.811. The SMILES string of the molecule is CCC1CN(C(=O)c2cc(Br)cn2C2CC2)CCO1. The van der Waals surface area contributed by atoms with Crippen molar-refractivity contribution in [3.8, 4) is 0 Å². The number of aromatic nitrogens is 1. The van der Waals surface area contributed by atoms with Crippen LogP contribution in [0.25, 0.3) is 0 Å². The van der Waals surface area contributed by atoms with Crippen LogP contribution in [0.1, 0.15) is 42.7 Å². The Balaban J connectivity index is 1.79. The molecule has 4 nitrogen and oxygen atoms in total. The standard InChI is InChI=1S/C14H19BrN2O2/c1-2-12-9-16(5-6-19-12)14(18)13-7-10(15)8-17(13)11-3-4-11/h7-8,11-12H,2-6,9H2,1H3. The lowest BCUT2D eigenvalue weighted by Gasteiger charge is -2.32. The predicted molar refractivity (Wildman–Crippen MR) is 76.3 cm³/mol. The van der Waals surface area contributed by atoms with E-state index in [-0.39, 0.29) is 12.0 Å². The Morgan fingerprint density at radius 2 is 2.32 bits per heavy atom. The van der Waals surface area contributed by atoms with Gasteiger partial charge in [-0.25, -0.2) is 0 Å². The van der Waals surface area contributed by atoms with E-state index in [1.165, 1.54) is 12.8 Å². The smallest absolute Gasteiger partial charge is 0.270 e. The van der Waals surface area contributed by atoms with Gasteiger partial charge in [0.25, 0.3) is 5.91 Å². The summed E-state index contributed by atoms with van der Waals surface area (Å²) in [7, 11) is 0. The summed E-state index contributed by atoms with van der Waals surface area (Å²) in [6.07, 6.45) is 5.54. The number of ether oxygens (including phenoxy) is 1. The zero-order valence-electron chi connectivity index (χ0n) is 11.1. The van der Waals surface area contributed by atoms with Crippen LogP contribution >= 0.6 is 15.9 Å². The number of amides is 1. The van der Waals surface area contributed by atoms with Gasteiger partial charge in [-0.1, -0.05) is 6.92 Å². The van der Waals surface area contributed by atoms with Crippen LogP contribution in [0.3, 0.4) is 0 Å². The molecule has 1 aliphatic carbocycles. The molecule has 1 aliphatic heterocycles. The fourth-order valence-corrected chi connectivity index (χ4v) is 3.02. The third-order valence-corrected chi connectivity index (χ3v) is 4.29. The predicted octanol–water partition coefficient (Wildman–Crippen LogP) is 2.84. The lowest BCUT2D eigenvalue weighted by molar-refractivity contribution is -0.0229. The largest absolute Gasteiger partial charge is 0.375 e. The molecule has 0 bridgehead atoms. The van der Waals surface area contributed by atoms with Crippen molar-refractivity contribution in [3.63, 3.8) is 0 Å². The van der Waals surface area contributed by atoms with Crippen LogP contribution in [0.15, 0.2) is 16.7 Å². The Morgan fingerprint density at radius 3 is 3.00 bits per heavy atom. The van der Waals surface area contributed by atoms with Crippen molar-refractivity contribution in [1.29, 1.82) is 0 Å². The highest BCUT2D eigenvalue weighted by Gasteiger charge is 2.31. The lowest BCUT2D eigenvalue weighted by Crippen LogP contribution is -2.45. The van der Waals surface area contributed by atoms with Gasteiger partial charge in [-0.05, 0) is 41.3 Å². The van der Waals surface area contributed by atoms with Gasteiger partial charge in [0.2, 0.25) is 0 Å². The minimum Gasteiger partial charge on any atom is -0.375 e. The van der Waals surface area contributed by atoms with Crippen molar-refractivity contribution in [2.45, 2.75) is 38.3 Å². The molecule has 1 aromatic heterocycles. The van der Waals surface area contributed by atoms with Crippen LogP contribution in [-0.2, 0) is 4.74 Å². The van der Waals surface area contributed by atoms with E-state index >= 15 is 0 Å². The van der Waals surface area contributed by atoms with Gasteiger partial charge in [0, 0.05) is 29.8 Å². The minimum absolute atomic E-state index is 0.138. The van der Waals surface area contributed by atoms with Crippen LogP contribution < -0.4 is 0 Å². The summed E-state index contributed by atoms with van der Waals surface area (Å²) in [6.45, 7) is 4.16. The molecule has 0 aromatic carbocycles. The van der Waals surface area contributed by atoms with Crippen molar-refractivity contribution in [1.82, 2.24) is 9.47 Å². The zero-order chi connectivity index (χ0) is 13.4. The molecule has 5 heteroatoms. The number of rotatable bonds is 3. The van der Waals surface area contributed by atoms with Gasteiger partial charge in [-0.15, -0.1) is 0 Å². The molecule has 2 aliphatic rings. The van der Waals surface area contributed by atoms with Crippen molar-refractivity contribution in [2.75, 3.05) is 19.7 Å². The van der Waals surface area contributed by atoms with Crippen LogP contribution in [0, 0.1) is 0 Å². The topological polar surface area (TPSA) is 34.5 Å². The average Bonchev–Trinajstić information content (AvgIpc) is 3.21. The van der Waals surface area contributed by atoms with Crippen LogP contribution in [0.2, 0.25) is 0 Å². The molecule has 3 rings (SSSR count). The number of halogens is 1. The van der Waals surface area contributed by atoms with Gasteiger partial charge in [-0.2, -0.15) is 0 Å². The van der Waals surface area contributed by atoms with Crippen molar-refractivity contribution >= 4 is 21.8 Å². The molecule has 1 unspecified atom stereocenters. The normalized spacial score (nSPS) is 23.7. The van der Waals surface area contributed by atoms with E-state index in [4.69, 9.17) is 4.74 Å². The number of carbonyl (C=O) groups is 1. The minimum atomic E-state index is 0.138. The second-order valence-corrected chi connectivity index (χ2v) is 6.25. The maximum Gasteiger partial charge on any atom is 0.270 e. The van der Waals surface area contributed by atoms with E-state index in [1.807, 2.05) is 17.2 Å². The summed E-state index contributed by atoms with van der Waals surface area (Å²) in [6, 6.07) is 2.46. The fraction of sp³-hybridized carbons (Fsp3) is 0.643. The van der Waals surface area contributed by atoms with E-state index in [9.17, 15) is 4.79 Å². The molecule has 1 saturated heterocycles. The number of morpholine rings is 1. The Morgan fingerprint density at radius 1 is 1.53 bits per heavy atom. The molecule has 2 fully saturated rings. The molecule has 2 heterocycles. The molecule has 1 atom stereocenters. The molecule has 1 aromatic rings. The summed E-state index contributed by atoms with van der Waals surface area (Å²) in [4.78, 5) is 14.6. The molecule has 104 valence electrons. The molecule has 19 heavy (non-hydrogen) atoms. The van der Waals surface area contributed by atoms with Crippen LogP contribution in [0.5, 0.6) is 0 Å². The van der Waals surface area contributed by atoms with E-state index in [0.717, 1.165) is 16.6 Å². The van der Waals surface area contributed by atoms with Gasteiger partial charge in [-0.3, -0.25) is 4.79 Å². The highest BCUT2D eigenvalue weighted by atomic mass is 79.9. The van der Waals surface area contributed by atoms with Crippen molar-refractivity contribution in [2.24, 2.45) is 0 Å². The van der Waals surface area contributed by atoms with Crippen LogP contribution in [0.4, 0.5) is 0 Å². The second-order valence-electron chi connectivity index (χ2n) is 5.33. The maximum absolute atomic E-state index is 12.7. The quantitative estimate of drug-likeness (QED) is 0.856. The van der Waals surface area contributed by atoms with Gasteiger partial charge >= 0.3 is 0 Å². The number of hydrogen-bond acceptors (Lipinski definition) is 2. The molecule has 0 N–H and O–H groups in total. The van der Waals surface area contributed by atoms with Crippen LogP contribution in [-0.4, -0.2) is 41.2 Å². The van der Waals surface area contributed by atoms with E-state index < -0.39 is 0 Å². The third kappa shape index (κ3) is 2.72. The second kappa shape index (κ2) is 5.29. The molecular formula is C14H19BrN2O2. The van der Waals surface area contributed by atoms with Gasteiger partial charge < -0.3 is 14.2 Å². The number of carbonyl (C=O) groups excluding carboxylic acids is 1. The van der Waals surface area contributed by atoms with Gasteiger partial charge in [0.1, 0.15) is 5.69 Å². The first kappa shape index (κ1) is 13.2. The number of hydrogen-bond donors (Lipinski definition) is 0. The Labute approximate surface area is 121 Å². The van der Waals surface area contributed by atoms with Crippen molar-refractivity contribution < 1.29 is 9.53 Å². The first-order valence-electron chi connectivity index (χ1n) is 6.97. The summed E-state index contributed by atoms with van der Waals surface area (Å²) in [5, 5.41) is 0. The Kier molecular flexibility index (Phi) is 3.67. The number of nitrogens with zero attached hydrogens (tertiary/aromatic N) is 2. The van der Waals surface area contributed by atoms with E-state index in [0.29, 0.717) is 25.7 Å². The first-order valence-corrected chi connectivity index (χ1v) is 7.76. The molecule has 1 amide bonds. The van der Waals surface area contributed by atoms with Gasteiger partial charge in [0.05, 0.1) is 12.7 Å². The maximum atomic E-state index is 12.7. The summed E-state index contributed by atoms with van der Waals surface area (Å²) >= 11 is 3.48. The third-order valence-electron chi connectivity index (χ3n) is 3.86. The Bertz CT molecular complexity index is 482. The average molecular weight is 327 g/mol. The van der Waals surface area contributed by atoms with E-state index in [1.54, 1.807) is 0 Å². The first-order chi connectivity index (χ1) is 9.19. The molecule has 0 spiro atoms. The molecule has 0 radical (unpaired) electrons. The highest BCUT2D eigenvalue weighted by molar-refractivity contribution is 9.10. The lowest BCUT2D eigenvalue weighted by atomic mass is 10.2. The van der Waals surface area contributed by atoms with Gasteiger partial charge in [0.15, 0.2) is 0 Å². The summed E-state index contributed by atoms with van der Waals surface area (Å²) < 4.78 is 8.75. The molecular weight excluding hydrogens is 308 g/mol. The molecule has 1 saturated carbocycles. The summed E-state index contributed by atoms with van der Waals surface area (Å²) in [5.74, 6) is 0.138. The highest BCUT2D eigenvalue weighted by Crippen LogP contribution is 2.37.